The molecule has 3 aromatic carbocycles. The quantitative estimate of drug-likeness (QED) is 0.371. The number of benzene rings is 3. The van der Waals surface area contributed by atoms with E-state index in [0.29, 0.717) is 28.6 Å². The van der Waals surface area contributed by atoms with Crippen LogP contribution in [0.5, 0.6) is 0 Å². The Morgan fingerprint density at radius 2 is 0.912 bits per heavy atom. The molecule has 0 saturated carbocycles. The van der Waals surface area contributed by atoms with Gasteiger partial charge in [0.15, 0.2) is 12.3 Å². The monoisotopic (exact) mass is 457 g/mol. The summed E-state index contributed by atoms with van der Waals surface area (Å²) in [5.74, 6) is 0. The summed E-state index contributed by atoms with van der Waals surface area (Å²) in [4.78, 5) is 4.64. The van der Waals surface area contributed by atoms with Gasteiger partial charge in [-0.05, 0) is 29.8 Å². The SMILES string of the molecule is OC1[C@@H](O)C(n2nc3ccccc3n2)N(Cc2ccccc2)C(n2nc3ccccc3n2)[C@H]1O. The molecule has 1 aliphatic rings. The molecule has 1 saturated heterocycles. The Kier molecular flexibility index (Phi) is 5.07. The lowest BCUT2D eigenvalue weighted by Crippen LogP contribution is -2.61. The van der Waals surface area contributed by atoms with Crippen LogP contribution < -0.4 is 0 Å². The van der Waals surface area contributed by atoms with Crippen LogP contribution in [0.2, 0.25) is 0 Å². The van der Waals surface area contributed by atoms with Crippen molar-refractivity contribution in [2.75, 3.05) is 0 Å². The maximum absolute atomic E-state index is 11.1. The van der Waals surface area contributed by atoms with Crippen LogP contribution in [0.3, 0.4) is 0 Å². The average Bonchev–Trinajstić information content (AvgIpc) is 3.47. The van der Waals surface area contributed by atoms with Crippen LogP contribution in [0.1, 0.15) is 17.9 Å². The molecule has 3 heterocycles. The van der Waals surface area contributed by atoms with Gasteiger partial charge < -0.3 is 15.3 Å². The number of aromatic nitrogens is 6. The molecule has 0 amide bonds. The fraction of sp³-hybridized carbons (Fsp3) is 0.250. The molecule has 5 atom stereocenters. The average molecular weight is 457 g/mol. The van der Waals surface area contributed by atoms with Crippen LogP contribution in [-0.4, -0.2) is 68.5 Å². The number of hydrogen-bond acceptors (Lipinski definition) is 8. The number of aliphatic hydroxyl groups excluding tert-OH is 3. The fourth-order valence-electron chi connectivity index (χ4n) is 4.61. The predicted molar refractivity (Wildman–Crippen MR) is 123 cm³/mol. The van der Waals surface area contributed by atoms with Crippen LogP contribution in [0, 0.1) is 0 Å². The van der Waals surface area contributed by atoms with E-state index in [-0.39, 0.29) is 0 Å². The van der Waals surface area contributed by atoms with Gasteiger partial charge in [0.2, 0.25) is 0 Å². The van der Waals surface area contributed by atoms with E-state index in [4.69, 9.17) is 0 Å². The summed E-state index contributed by atoms with van der Waals surface area (Å²) in [6.07, 6.45) is -5.95. The molecular formula is C24H23N7O3. The molecule has 10 heteroatoms. The second-order valence-electron chi connectivity index (χ2n) is 8.48. The summed E-state index contributed by atoms with van der Waals surface area (Å²) in [6, 6.07) is 24.5. The summed E-state index contributed by atoms with van der Waals surface area (Å²) in [5, 5.41) is 51.4. The van der Waals surface area contributed by atoms with Crippen molar-refractivity contribution >= 4 is 22.1 Å². The Hall–Kier alpha value is -3.70. The molecule has 0 bridgehead atoms. The predicted octanol–water partition coefficient (Wildman–Crippen LogP) is 1.47. The lowest BCUT2D eigenvalue weighted by Gasteiger charge is -2.47. The molecule has 0 aliphatic carbocycles. The van der Waals surface area contributed by atoms with Gasteiger partial charge in [-0.2, -0.15) is 30.0 Å². The third-order valence-corrected chi connectivity index (χ3v) is 6.28. The van der Waals surface area contributed by atoms with E-state index in [9.17, 15) is 15.3 Å². The molecular weight excluding hydrogens is 434 g/mol. The second kappa shape index (κ2) is 8.26. The summed E-state index contributed by atoms with van der Waals surface area (Å²) < 4.78 is 0. The highest BCUT2D eigenvalue weighted by atomic mass is 16.4. The van der Waals surface area contributed by atoms with E-state index in [2.05, 4.69) is 20.4 Å². The molecule has 34 heavy (non-hydrogen) atoms. The zero-order chi connectivity index (χ0) is 23.2. The van der Waals surface area contributed by atoms with Crippen molar-refractivity contribution in [2.24, 2.45) is 0 Å². The lowest BCUT2D eigenvalue weighted by atomic mass is 9.95. The molecule has 6 rings (SSSR count). The second-order valence-corrected chi connectivity index (χ2v) is 8.48. The summed E-state index contributed by atoms with van der Waals surface area (Å²) >= 11 is 0. The molecule has 0 radical (unpaired) electrons. The lowest BCUT2D eigenvalue weighted by molar-refractivity contribution is -0.213. The van der Waals surface area contributed by atoms with E-state index in [0.717, 1.165) is 5.56 Å². The number of nitrogens with zero attached hydrogens (tertiary/aromatic N) is 7. The van der Waals surface area contributed by atoms with Gasteiger partial charge >= 0.3 is 0 Å². The highest BCUT2D eigenvalue weighted by Gasteiger charge is 2.51. The smallest absolute Gasteiger partial charge is 0.155 e. The number of likely N-dealkylation sites (tertiary alicyclic amines) is 1. The maximum atomic E-state index is 11.1. The first-order chi connectivity index (χ1) is 16.6. The van der Waals surface area contributed by atoms with Crippen LogP contribution in [0.15, 0.2) is 78.9 Å². The minimum Gasteiger partial charge on any atom is -0.387 e. The van der Waals surface area contributed by atoms with Crippen molar-refractivity contribution in [3.8, 4) is 0 Å². The first-order valence-corrected chi connectivity index (χ1v) is 11.1. The van der Waals surface area contributed by atoms with E-state index in [1.165, 1.54) is 9.59 Å². The zero-order valence-corrected chi connectivity index (χ0v) is 18.1. The molecule has 3 N–H and O–H groups in total. The minimum absolute atomic E-state index is 0.326. The van der Waals surface area contributed by atoms with Crippen LogP contribution in [-0.2, 0) is 6.54 Å². The van der Waals surface area contributed by atoms with Crippen molar-refractivity contribution in [1.29, 1.82) is 0 Å². The van der Waals surface area contributed by atoms with Gasteiger partial charge in [-0.1, -0.05) is 54.6 Å². The van der Waals surface area contributed by atoms with Gasteiger partial charge in [0.1, 0.15) is 40.4 Å². The standard InChI is InChI=1S/C24H23N7O3/c32-20-21(33)23(30-25-16-10-4-5-11-17(16)26-30)29(14-15-8-2-1-3-9-15)24(22(20)34)31-27-18-12-6-7-13-19(18)28-31/h1-13,20-24,32-34H,14H2/t20?,21-,22+,23?,24?. The summed E-state index contributed by atoms with van der Waals surface area (Å²) in [7, 11) is 0. The fourth-order valence-corrected chi connectivity index (χ4v) is 4.61. The zero-order valence-electron chi connectivity index (χ0n) is 18.1. The molecule has 1 fully saturated rings. The Bertz CT molecular complexity index is 1280. The van der Waals surface area contributed by atoms with Crippen molar-refractivity contribution in [1.82, 2.24) is 34.9 Å². The van der Waals surface area contributed by atoms with Crippen LogP contribution in [0.4, 0.5) is 0 Å². The minimum atomic E-state index is -1.47. The molecule has 0 spiro atoms. The number of rotatable bonds is 4. The van der Waals surface area contributed by atoms with Gasteiger partial charge in [0.25, 0.3) is 0 Å². The Labute approximate surface area is 194 Å². The van der Waals surface area contributed by atoms with Gasteiger partial charge in [0, 0.05) is 6.54 Å². The third kappa shape index (κ3) is 3.44. The molecule has 5 aromatic rings. The molecule has 2 aromatic heterocycles. The molecule has 1 aliphatic heterocycles. The van der Waals surface area contributed by atoms with E-state index < -0.39 is 30.6 Å². The highest BCUT2D eigenvalue weighted by molar-refractivity contribution is 5.73. The Morgan fingerprint density at radius 1 is 0.529 bits per heavy atom. The number of fused-ring (bicyclic) bond motifs is 2. The largest absolute Gasteiger partial charge is 0.387 e. The molecule has 172 valence electrons. The van der Waals surface area contributed by atoms with E-state index >= 15 is 0 Å². The first kappa shape index (κ1) is 20.9. The summed E-state index contributed by atoms with van der Waals surface area (Å²) in [5.41, 5.74) is 3.59. The highest BCUT2D eigenvalue weighted by Crippen LogP contribution is 2.38. The van der Waals surface area contributed by atoms with E-state index in [1.807, 2.05) is 83.8 Å². The van der Waals surface area contributed by atoms with Gasteiger partial charge in [0.05, 0.1) is 0 Å². The third-order valence-electron chi connectivity index (χ3n) is 6.28. The summed E-state index contributed by atoms with van der Waals surface area (Å²) in [6.45, 7) is 0.326. The Morgan fingerprint density at radius 3 is 1.32 bits per heavy atom. The number of piperidine rings is 1. The van der Waals surface area contributed by atoms with Crippen LogP contribution >= 0.6 is 0 Å². The van der Waals surface area contributed by atoms with Crippen molar-refractivity contribution in [3.05, 3.63) is 84.4 Å². The topological polar surface area (TPSA) is 125 Å². The van der Waals surface area contributed by atoms with E-state index in [1.54, 1.807) is 0 Å². The van der Waals surface area contributed by atoms with Gasteiger partial charge in [-0.15, -0.1) is 0 Å². The van der Waals surface area contributed by atoms with Crippen molar-refractivity contribution in [3.63, 3.8) is 0 Å². The normalized spacial score (nSPS) is 25.8. The van der Waals surface area contributed by atoms with Gasteiger partial charge in [-0.3, -0.25) is 0 Å². The molecule has 3 unspecified atom stereocenters. The number of hydrogen-bond donors (Lipinski definition) is 3. The van der Waals surface area contributed by atoms with Crippen LogP contribution in [0.25, 0.3) is 22.1 Å². The molecule has 10 nitrogen and oxygen atoms in total. The Balaban J connectivity index is 1.51. The van der Waals surface area contributed by atoms with Gasteiger partial charge in [-0.25, -0.2) is 4.90 Å². The van der Waals surface area contributed by atoms with Crippen molar-refractivity contribution in [2.45, 2.75) is 37.2 Å². The maximum Gasteiger partial charge on any atom is 0.155 e. The number of aliphatic hydroxyl groups is 3. The van der Waals surface area contributed by atoms with Crippen molar-refractivity contribution < 1.29 is 15.3 Å². The first-order valence-electron chi connectivity index (χ1n) is 11.1.